The van der Waals surface area contributed by atoms with Crippen molar-refractivity contribution in [3.63, 3.8) is 0 Å². The molecule has 2 aliphatic rings. The third-order valence-electron chi connectivity index (χ3n) is 7.97. The third kappa shape index (κ3) is 5.68. The quantitative estimate of drug-likeness (QED) is 0.190. The number of ether oxygens (including phenoxy) is 4. The first-order valence-electron chi connectivity index (χ1n) is 14.2. The molecule has 0 saturated carbocycles. The molecular weight excluding hydrogens is 583 g/mol. The van der Waals surface area contributed by atoms with Crippen LogP contribution in [0, 0.1) is 11.6 Å². The second-order valence-electron chi connectivity index (χ2n) is 12.2. The van der Waals surface area contributed by atoms with Gasteiger partial charge in [-0.25, -0.2) is 13.2 Å². The predicted octanol–water partition coefficient (Wildman–Crippen LogP) is 7.50. The summed E-state index contributed by atoms with van der Waals surface area (Å²) in [6.45, 7) is 6.65. The van der Waals surface area contributed by atoms with Crippen molar-refractivity contribution >= 4 is 33.3 Å². The molecule has 228 valence electrons. The molecule has 0 amide bonds. The number of hydrogen-bond acceptors (Lipinski definition) is 7. The van der Waals surface area contributed by atoms with Crippen LogP contribution in [0.3, 0.4) is 0 Å². The van der Waals surface area contributed by atoms with Crippen molar-refractivity contribution in [2.45, 2.75) is 57.3 Å². The lowest BCUT2D eigenvalue weighted by molar-refractivity contribution is 0.0512. The van der Waals surface area contributed by atoms with E-state index in [1.807, 2.05) is 0 Å². The highest BCUT2D eigenvalue weighted by atomic mass is 35.5. The van der Waals surface area contributed by atoms with E-state index in [4.69, 9.17) is 30.5 Å². The lowest BCUT2D eigenvalue weighted by Gasteiger charge is -2.31. The van der Waals surface area contributed by atoms with Crippen LogP contribution >= 0.6 is 11.6 Å². The highest BCUT2D eigenvalue weighted by Crippen LogP contribution is 2.43. The smallest absolute Gasteiger partial charge is 0.320 e. The van der Waals surface area contributed by atoms with Crippen LogP contribution in [0.4, 0.5) is 13.2 Å². The van der Waals surface area contributed by atoms with Crippen molar-refractivity contribution in [3.05, 3.63) is 53.1 Å². The van der Waals surface area contributed by atoms with E-state index in [1.54, 1.807) is 45.0 Å². The Kier molecular flexibility index (Phi) is 7.81. The van der Waals surface area contributed by atoms with Gasteiger partial charge in [-0.3, -0.25) is 4.90 Å². The molecule has 7 nitrogen and oxygen atoms in total. The number of rotatable bonds is 8. The van der Waals surface area contributed by atoms with Gasteiger partial charge in [0.25, 0.3) is 0 Å². The van der Waals surface area contributed by atoms with Gasteiger partial charge in [-0.1, -0.05) is 23.7 Å². The molecule has 43 heavy (non-hydrogen) atoms. The van der Waals surface area contributed by atoms with Crippen LogP contribution < -0.4 is 14.2 Å². The van der Waals surface area contributed by atoms with Gasteiger partial charge in [-0.15, -0.1) is 0 Å². The molecule has 11 heteroatoms. The maximum Gasteiger partial charge on any atom is 0.320 e. The van der Waals surface area contributed by atoms with E-state index in [9.17, 15) is 4.39 Å². The Morgan fingerprint density at radius 1 is 1.12 bits per heavy atom. The van der Waals surface area contributed by atoms with Gasteiger partial charge in [0, 0.05) is 36.0 Å². The average molecular weight is 616 g/mol. The summed E-state index contributed by atoms with van der Waals surface area (Å²) < 4.78 is 69.8. The summed E-state index contributed by atoms with van der Waals surface area (Å²) in [6, 6.07) is 9.45. The molecule has 2 fully saturated rings. The van der Waals surface area contributed by atoms with Gasteiger partial charge in [0.2, 0.25) is 5.88 Å². The van der Waals surface area contributed by atoms with Crippen molar-refractivity contribution in [3.8, 4) is 28.8 Å². The van der Waals surface area contributed by atoms with Crippen molar-refractivity contribution in [2.24, 2.45) is 0 Å². The topological polar surface area (TPSA) is 65.9 Å². The third-order valence-corrected chi connectivity index (χ3v) is 8.29. The fraction of sp³-hybridized carbons (Fsp3) is 0.438. The molecule has 4 aromatic rings. The van der Waals surface area contributed by atoms with Crippen LogP contribution in [0.2, 0.25) is 5.02 Å². The van der Waals surface area contributed by atoms with E-state index in [0.29, 0.717) is 34.5 Å². The number of hydrogen-bond donors (Lipinski definition) is 0. The van der Waals surface area contributed by atoms with Gasteiger partial charge < -0.3 is 18.9 Å². The summed E-state index contributed by atoms with van der Waals surface area (Å²) in [7, 11) is 1.48. The minimum Gasteiger partial charge on any atom is -0.471 e. The minimum atomic E-state index is -0.936. The maximum atomic E-state index is 16.7. The summed E-state index contributed by atoms with van der Waals surface area (Å²) in [5.41, 5.74) is -1.54. The summed E-state index contributed by atoms with van der Waals surface area (Å²) in [6.07, 6.45) is 1.14. The Balaban J connectivity index is 1.51. The second kappa shape index (κ2) is 11.3. The number of fused-ring (bicyclic) bond motifs is 3. The molecule has 3 heterocycles. The maximum absolute atomic E-state index is 16.7. The molecule has 0 radical (unpaired) electrons. The number of nitrogens with zero attached hydrogens (tertiary/aromatic N) is 3. The molecule has 0 spiro atoms. The summed E-state index contributed by atoms with van der Waals surface area (Å²) in [5, 5.41) is 1.44. The minimum absolute atomic E-state index is 0.0208. The van der Waals surface area contributed by atoms with Crippen molar-refractivity contribution in [2.75, 3.05) is 33.6 Å². The summed E-state index contributed by atoms with van der Waals surface area (Å²) in [5.74, 6) is -1.47. The van der Waals surface area contributed by atoms with E-state index < -0.39 is 28.9 Å². The fourth-order valence-corrected chi connectivity index (χ4v) is 6.52. The van der Waals surface area contributed by atoms with Crippen LogP contribution in [0.25, 0.3) is 32.8 Å². The van der Waals surface area contributed by atoms with E-state index in [1.165, 1.54) is 13.2 Å². The lowest BCUT2D eigenvalue weighted by Crippen LogP contribution is -2.43. The highest BCUT2D eigenvalue weighted by Gasteiger charge is 2.49. The van der Waals surface area contributed by atoms with Gasteiger partial charge in [0.15, 0.2) is 12.6 Å². The van der Waals surface area contributed by atoms with Crippen molar-refractivity contribution in [1.82, 2.24) is 14.9 Å². The number of halogens is 4. The highest BCUT2D eigenvalue weighted by molar-refractivity contribution is 6.36. The summed E-state index contributed by atoms with van der Waals surface area (Å²) >= 11 is 6.57. The largest absolute Gasteiger partial charge is 0.471 e. The zero-order valence-corrected chi connectivity index (χ0v) is 25.2. The molecule has 0 unspecified atom stereocenters. The van der Waals surface area contributed by atoms with Crippen LogP contribution in [-0.4, -0.2) is 65.8 Å². The Bertz CT molecular complexity index is 1700. The summed E-state index contributed by atoms with van der Waals surface area (Å²) in [4.78, 5) is 10.9. The van der Waals surface area contributed by atoms with Gasteiger partial charge in [0.1, 0.15) is 35.5 Å². The van der Waals surface area contributed by atoms with Crippen LogP contribution in [0.1, 0.15) is 40.0 Å². The standard InChI is InChI=1S/C32H33ClF3N3O4/c1-31(2,3)43-29-22-13-24(35)26(21-12-20(42-17-40-4)11-18-7-5-8-23(33)25(18)21)27(36)28(22)37-30(38-29)41-16-32-9-6-10-39(32)15-19(34)14-32/h5,7-8,11-13,19H,6,9-10,14-17H2,1-4H3/t19-,32+/m1/s1. The first-order chi connectivity index (χ1) is 20.5. The van der Waals surface area contributed by atoms with Crippen molar-refractivity contribution in [1.29, 1.82) is 0 Å². The van der Waals surface area contributed by atoms with Gasteiger partial charge in [0.05, 0.1) is 16.5 Å². The molecule has 3 aromatic carbocycles. The molecule has 1 aromatic heterocycles. The Labute approximate surface area is 252 Å². The molecule has 2 saturated heterocycles. The average Bonchev–Trinajstić information content (AvgIpc) is 3.46. The Hall–Kier alpha value is -3.34. The van der Waals surface area contributed by atoms with E-state index in [2.05, 4.69) is 14.9 Å². The van der Waals surface area contributed by atoms with E-state index in [-0.39, 0.29) is 47.3 Å². The van der Waals surface area contributed by atoms with Gasteiger partial charge in [-0.2, -0.15) is 9.97 Å². The van der Waals surface area contributed by atoms with Gasteiger partial charge in [-0.05, 0) is 69.8 Å². The predicted molar refractivity (Wildman–Crippen MR) is 159 cm³/mol. The molecule has 2 atom stereocenters. The number of alkyl halides is 1. The van der Waals surface area contributed by atoms with Crippen LogP contribution in [-0.2, 0) is 4.74 Å². The van der Waals surface area contributed by atoms with Crippen molar-refractivity contribution < 1.29 is 32.1 Å². The SMILES string of the molecule is COCOc1cc(-c2c(F)cc3c(OC(C)(C)C)nc(OC[C@@]45CCCN4C[C@H](F)C5)nc3c2F)c2c(Cl)cccc2c1. The van der Waals surface area contributed by atoms with Crippen LogP contribution in [0.15, 0.2) is 36.4 Å². The molecule has 6 rings (SSSR count). The fourth-order valence-electron chi connectivity index (χ4n) is 6.24. The molecular formula is C32H33ClF3N3O4. The second-order valence-corrected chi connectivity index (χ2v) is 12.6. The molecule has 2 aliphatic heterocycles. The van der Waals surface area contributed by atoms with E-state index in [0.717, 1.165) is 25.5 Å². The zero-order chi connectivity index (χ0) is 30.5. The normalized spacial score (nSPS) is 20.6. The Morgan fingerprint density at radius 3 is 2.70 bits per heavy atom. The molecule has 0 N–H and O–H groups in total. The molecule has 0 aliphatic carbocycles. The molecule has 0 bridgehead atoms. The number of aromatic nitrogens is 2. The number of benzene rings is 3. The monoisotopic (exact) mass is 615 g/mol. The first kappa shape index (κ1) is 29.7. The first-order valence-corrected chi connectivity index (χ1v) is 14.6. The lowest BCUT2D eigenvalue weighted by atomic mass is 9.95. The number of methoxy groups -OCH3 is 1. The van der Waals surface area contributed by atoms with Crippen LogP contribution in [0.5, 0.6) is 17.6 Å². The van der Waals surface area contributed by atoms with Gasteiger partial charge >= 0.3 is 6.01 Å². The Morgan fingerprint density at radius 2 is 1.93 bits per heavy atom. The zero-order valence-electron chi connectivity index (χ0n) is 24.5. The van der Waals surface area contributed by atoms with E-state index >= 15 is 8.78 Å².